The molecule has 0 fully saturated rings. The van der Waals surface area contributed by atoms with Gasteiger partial charge in [-0.15, -0.1) is 10.2 Å². The second-order valence-electron chi connectivity index (χ2n) is 5.27. The second kappa shape index (κ2) is 6.43. The van der Waals surface area contributed by atoms with Crippen LogP contribution in [-0.4, -0.2) is 17.1 Å². The van der Waals surface area contributed by atoms with Crippen LogP contribution >= 0.6 is 0 Å². The highest BCUT2D eigenvalue weighted by atomic mass is 35.7. The van der Waals surface area contributed by atoms with E-state index in [1.165, 1.54) is 0 Å². The van der Waals surface area contributed by atoms with E-state index in [9.17, 15) is 0 Å². The van der Waals surface area contributed by atoms with E-state index in [-0.39, 0.29) is 0 Å². The normalized spacial score (nSPS) is 11.6. The predicted molar refractivity (Wildman–Crippen MR) is 78.8 cm³/mol. The Morgan fingerprint density at radius 2 is 1.76 bits per heavy atom. The molecule has 0 saturated carbocycles. The Bertz CT molecular complexity index is 1050. The van der Waals surface area contributed by atoms with Gasteiger partial charge in [0.25, 0.3) is 0 Å². The van der Waals surface area contributed by atoms with Gasteiger partial charge in [-0.05, 0) is 24.3 Å². The SMILES string of the molecule is COc1ccc2nc3c4ccccc4[nH]c3[n+](C)c2c1.[O-][Cl+3]([O-])([O-])[O-]. The Balaban J connectivity index is 0.000000324. The van der Waals surface area contributed by atoms with Crippen LogP contribution in [0.5, 0.6) is 5.75 Å². The van der Waals surface area contributed by atoms with E-state index in [4.69, 9.17) is 28.4 Å². The summed E-state index contributed by atoms with van der Waals surface area (Å²) in [7, 11) is -1.22. The zero-order valence-corrected chi connectivity index (χ0v) is 14.1. The van der Waals surface area contributed by atoms with Crippen molar-refractivity contribution in [3.8, 4) is 5.75 Å². The van der Waals surface area contributed by atoms with Crippen molar-refractivity contribution in [3.63, 3.8) is 0 Å². The minimum Gasteiger partial charge on any atom is -0.497 e. The van der Waals surface area contributed by atoms with E-state index in [1.54, 1.807) is 7.11 Å². The molecule has 2 aromatic carbocycles. The van der Waals surface area contributed by atoms with Gasteiger partial charge in [0.15, 0.2) is 11.0 Å². The van der Waals surface area contributed by atoms with Crippen LogP contribution in [0.4, 0.5) is 0 Å². The van der Waals surface area contributed by atoms with Crippen LogP contribution in [0.25, 0.3) is 33.1 Å². The summed E-state index contributed by atoms with van der Waals surface area (Å²) in [5, 5.41) is 1.15. The molecule has 25 heavy (non-hydrogen) atoms. The lowest BCUT2D eigenvalue weighted by Crippen LogP contribution is -2.68. The standard InChI is InChI=1S/C16H13N3O.ClHO4/c1-19-14-9-10(20-2)7-8-13(14)17-15-11-5-3-4-6-12(11)18-16(15)19;2-1(3,4)5/h3-9H,1-2H3;(H,2,3,4,5). The Kier molecular flexibility index (Phi) is 4.46. The van der Waals surface area contributed by atoms with Gasteiger partial charge in [0.2, 0.25) is 0 Å². The number of fused-ring (bicyclic) bond motifs is 4. The van der Waals surface area contributed by atoms with Crippen molar-refractivity contribution < 1.29 is 38.2 Å². The molecule has 2 aromatic heterocycles. The van der Waals surface area contributed by atoms with Gasteiger partial charge in [-0.25, -0.2) is 33.2 Å². The molecule has 9 heteroatoms. The molecule has 0 amide bonds. The fraction of sp³-hybridized carbons (Fsp3) is 0.125. The molecular weight excluding hydrogens is 350 g/mol. The summed E-state index contributed by atoms with van der Waals surface area (Å²) >= 11 is 0. The van der Waals surface area contributed by atoms with Crippen molar-refractivity contribution in [1.82, 2.24) is 9.97 Å². The number of methoxy groups -OCH3 is 1. The van der Waals surface area contributed by atoms with Gasteiger partial charge in [-0.2, -0.15) is 0 Å². The summed E-state index contributed by atoms with van der Waals surface area (Å²) in [5.41, 5.74) is 5.13. The van der Waals surface area contributed by atoms with Crippen molar-refractivity contribution in [2.75, 3.05) is 7.11 Å². The monoisotopic (exact) mass is 363 g/mol. The fourth-order valence-corrected chi connectivity index (χ4v) is 2.70. The number of benzene rings is 2. The lowest BCUT2D eigenvalue weighted by atomic mass is 10.2. The van der Waals surface area contributed by atoms with Crippen LogP contribution in [0, 0.1) is 10.2 Å². The van der Waals surface area contributed by atoms with Crippen LogP contribution in [0.3, 0.4) is 0 Å². The molecule has 0 unspecified atom stereocenters. The molecule has 0 spiro atoms. The molecule has 4 rings (SSSR count). The maximum atomic E-state index is 8.49. The number of H-pyrrole nitrogens is 1. The third kappa shape index (κ3) is 3.63. The molecule has 0 saturated heterocycles. The average molecular weight is 364 g/mol. The number of hydrogen-bond donors (Lipinski definition) is 1. The smallest absolute Gasteiger partial charge is 0.306 e. The minimum atomic E-state index is -4.94. The van der Waals surface area contributed by atoms with Crippen LogP contribution in [-0.2, 0) is 7.05 Å². The molecule has 0 aliphatic heterocycles. The highest BCUT2D eigenvalue weighted by Gasteiger charge is 2.17. The average Bonchev–Trinajstić information content (AvgIpc) is 2.92. The van der Waals surface area contributed by atoms with Crippen molar-refractivity contribution in [2.24, 2.45) is 7.05 Å². The number of nitrogens with one attached hydrogen (secondary N) is 1. The molecule has 0 aliphatic rings. The van der Waals surface area contributed by atoms with E-state index in [0.29, 0.717) is 0 Å². The molecule has 2 heterocycles. The van der Waals surface area contributed by atoms with Crippen LogP contribution in [0.15, 0.2) is 42.5 Å². The number of aromatic nitrogens is 3. The molecule has 0 bridgehead atoms. The molecule has 0 aliphatic carbocycles. The molecule has 4 aromatic rings. The highest BCUT2D eigenvalue weighted by molar-refractivity contribution is 6.03. The van der Waals surface area contributed by atoms with Gasteiger partial charge in [-0.1, -0.05) is 12.1 Å². The number of hydrogen-bond acceptors (Lipinski definition) is 6. The van der Waals surface area contributed by atoms with Gasteiger partial charge in [0, 0.05) is 6.07 Å². The van der Waals surface area contributed by atoms with Crippen molar-refractivity contribution >= 4 is 33.1 Å². The first kappa shape index (κ1) is 17.3. The molecule has 0 radical (unpaired) electrons. The number of aryl methyl sites for hydroxylation is 1. The third-order valence-corrected chi connectivity index (χ3v) is 3.77. The van der Waals surface area contributed by atoms with Crippen LogP contribution in [0.2, 0.25) is 0 Å². The van der Waals surface area contributed by atoms with E-state index in [1.807, 2.05) is 37.4 Å². The number of rotatable bonds is 1. The zero-order valence-electron chi connectivity index (χ0n) is 13.4. The van der Waals surface area contributed by atoms with Gasteiger partial charge >= 0.3 is 5.65 Å². The van der Waals surface area contributed by atoms with E-state index >= 15 is 0 Å². The molecule has 1 N–H and O–H groups in total. The quantitative estimate of drug-likeness (QED) is 0.387. The van der Waals surface area contributed by atoms with E-state index in [2.05, 4.69) is 21.7 Å². The minimum absolute atomic E-state index is 0.838. The van der Waals surface area contributed by atoms with Gasteiger partial charge < -0.3 is 4.74 Å². The zero-order chi connectivity index (χ0) is 18.2. The molecule has 0 atom stereocenters. The summed E-state index contributed by atoms with van der Waals surface area (Å²) in [6, 6.07) is 14.2. The first-order valence-corrected chi connectivity index (χ1v) is 8.37. The van der Waals surface area contributed by atoms with Crippen molar-refractivity contribution in [3.05, 3.63) is 42.5 Å². The van der Waals surface area contributed by atoms with Gasteiger partial charge in [-0.3, -0.25) is 0 Å². The van der Waals surface area contributed by atoms with Crippen LogP contribution < -0.4 is 27.9 Å². The Morgan fingerprint density at radius 3 is 2.44 bits per heavy atom. The summed E-state index contributed by atoms with van der Waals surface area (Å²) in [5.74, 6) is 0.838. The van der Waals surface area contributed by atoms with Gasteiger partial charge in [0.1, 0.15) is 16.8 Å². The maximum Gasteiger partial charge on any atom is 0.306 e. The molecule has 130 valence electrons. The van der Waals surface area contributed by atoms with Crippen LogP contribution in [0.1, 0.15) is 0 Å². The number of aromatic amines is 1. The fourth-order valence-electron chi connectivity index (χ4n) is 2.70. The molecule has 8 nitrogen and oxygen atoms in total. The number of para-hydroxylation sites is 1. The second-order valence-corrected chi connectivity index (χ2v) is 6.03. The predicted octanol–water partition coefficient (Wildman–Crippen LogP) is -2.05. The largest absolute Gasteiger partial charge is 0.497 e. The van der Waals surface area contributed by atoms with Crippen molar-refractivity contribution in [1.29, 1.82) is 0 Å². The topological polar surface area (TPSA) is 134 Å². The number of nitrogens with zero attached hydrogens (tertiary/aromatic N) is 2. The third-order valence-electron chi connectivity index (χ3n) is 3.77. The van der Waals surface area contributed by atoms with Gasteiger partial charge in [0.05, 0.1) is 19.5 Å². The Morgan fingerprint density at radius 1 is 1.08 bits per heavy atom. The number of halogens is 1. The summed E-state index contributed by atoms with van der Waals surface area (Å²) < 4.78 is 41.4. The molecular formula is C16H14ClN3O5. The summed E-state index contributed by atoms with van der Waals surface area (Å²) in [4.78, 5) is 8.23. The number of ether oxygens (including phenoxy) is 1. The van der Waals surface area contributed by atoms with E-state index < -0.39 is 10.2 Å². The first-order valence-electron chi connectivity index (χ1n) is 7.14. The lowest BCUT2D eigenvalue weighted by Gasteiger charge is -2.17. The highest BCUT2D eigenvalue weighted by Crippen LogP contribution is 2.24. The Labute approximate surface area is 144 Å². The Hall–Kier alpha value is -2.49. The summed E-state index contributed by atoms with van der Waals surface area (Å²) in [6.07, 6.45) is 0. The summed E-state index contributed by atoms with van der Waals surface area (Å²) in [6.45, 7) is 0. The van der Waals surface area contributed by atoms with E-state index in [0.717, 1.165) is 38.8 Å². The van der Waals surface area contributed by atoms with Crippen molar-refractivity contribution in [2.45, 2.75) is 0 Å². The first-order chi connectivity index (χ1) is 11.8. The maximum absolute atomic E-state index is 8.49. The lowest BCUT2D eigenvalue weighted by molar-refractivity contribution is -2.00.